The van der Waals surface area contributed by atoms with Crippen molar-refractivity contribution in [3.8, 4) is 11.5 Å². The van der Waals surface area contributed by atoms with Crippen LogP contribution in [0.25, 0.3) is 0 Å². The number of nitrogens with zero attached hydrogens (tertiary/aromatic N) is 1. The monoisotopic (exact) mass is 381 g/mol. The number of rotatable bonds is 2. The van der Waals surface area contributed by atoms with Gasteiger partial charge < -0.3 is 19.1 Å². The lowest BCUT2D eigenvalue weighted by molar-refractivity contribution is -0.122. The van der Waals surface area contributed by atoms with Crippen LogP contribution in [0.15, 0.2) is 30.3 Å². The molecule has 0 aromatic heterocycles. The Hall–Kier alpha value is -2.60. The minimum absolute atomic E-state index is 0.00886. The van der Waals surface area contributed by atoms with Crippen LogP contribution in [0.3, 0.4) is 0 Å². The molecule has 6 heteroatoms. The Bertz CT molecular complexity index is 1000. The van der Waals surface area contributed by atoms with Gasteiger partial charge in [-0.2, -0.15) is 0 Å². The van der Waals surface area contributed by atoms with Crippen LogP contribution in [-0.2, 0) is 21.4 Å². The summed E-state index contributed by atoms with van der Waals surface area (Å²) < 4.78 is 31.5. The van der Waals surface area contributed by atoms with E-state index >= 15 is 0 Å². The number of amides is 1. The first kappa shape index (κ1) is 16.4. The summed E-state index contributed by atoms with van der Waals surface area (Å²) in [6.45, 7) is 2.03. The molecule has 0 saturated carbocycles. The Morgan fingerprint density at radius 1 is 1.11 bits per heavy atom. The Balaban J connectivity index is 1.51. The fourth-order valence-corrected chi connectivity index (χ4v) is 5.04. The molecule has 2 aromatic carbocycles. The van der Waals surface area contributed by atoms with Gasteiger partial charge in [0.2, 0.25) is 5.91 Å². The topological polar surface area (TPSA) is 48.0 Å². The quantitative estimate of drug-likeness (QED) is 0.803. The molecular formula is C22H20FNO4. The Morgan fingerprint density at radius 2 is 2.04 bits per heavy atom. The molecule has 5 nitrogen and oxygen atoms in total. The second-order valence-electron chi connectivity index (χ2n) is 7.96. The van der Waals surface area contributed by atoms with Crippen LogP contribution in [0, 0.1) is 5.82 Å². The zero-order valence-electron chi connectivity index (χ0n) is 15.4. The molecule has 4 aliphatic rings. The summed E-state index contributed by atoms with van der Waals surface area (Å²) >= 11 is 0. The van der Waals surface area contributed by atoms with Crippen LogP contribution >= 0.6 is 0 Å². The van der Waals surface area contributed by atoms with Crippen molar-refractivity contribution in [1.29, 1.82) is 0 Å². The molecule has 1 unspecified atom stereocenters. The number of benzene rings is 2. The first-order valence-electron chi connectivity index (χ1n) is 9.83. The molecular weight excluding hydrogens is 361 g/mol. The summed E-state index contributed by atoms with van der Waals surface area (Å²) in [7, 11) is 0. The van der Waals surface area contributed by atoms with Crippen LogP contribution in [0.5, 0.6) is 11.5 Å². The van der Waals surface area contributed by atoms with Crippen LogP contribution in [0.1, 0.15) is 29.5 Å². The van der Waals surface area contributed by atoms with E-state index in [1.165, 1.54) is 12.1 Å². The zero-order chi connectivity index (χ0) is 18.9. The fraction of sp³-hybridized carbons (Fsp3) is 0.409. The smallest absolute Gasteiger partial charge is 0.245 e. The molecule has 0 aliphatic carbocycles. The minimum Gasteiger partial charge on any atom is -0.493 e. The number of hydrogen-bond acceptors (Lipinski definition) is 4. The van der Waals surface area contributed by atoms with Gasteiger partial charge in [-0.05, 0) is 42.2 Å². The summed E-state index contributed by atoms with van der Waals surface area (Å²) in [6, 6.07) is 8.57. The number of fused-ring (bicyclic) bond motifs is 5. The summed E-state index contributed by atoms with van der Waals surface area (Å²) in [5.41, 5.74) is 2.49. The SMILES string of the molecule is O=C1N(C[C@H]2CCCO2)c2cc(F)ccc2C12COc1cc3c(cc12)CCO3. The van der Waals surface area contributed by atoms with E-state index < -0.39 is 5.41 Å². The third-order valence-corrected chi connectivity index (χ3v) is 6.43. The average Bonchev–Trinajstić information content (AvgIpc) is 3.46. The van der Waals surface area contributed by atoms with Crippen LogP contribution in [0.2, 0.25) is 0 Å². The van der Waals surface area contributed by atoms with Crippen LogP contribution in [-0.4, -0.2) is 38.4 Å². The standard InChI is InChI=1S/C22H20FNO4/c23-14-3-4-16-18(9-14)24(11-15-2-1-6-26-15)21(25)22(16)12-28-20-10-19-13(5-7-27-19)8-17(20)22/h3-4,8-10,15H,1-2,5-7,11-12H2/t15-,22?/m1/s1. The molecule has 28 heavy (non-hydrogen) atoms. The van der Waals surface area contributed by atoms with E-state index in [9.17, 15) is 9.18 Å². The Labute approximate surface area is 162 Å². The molecule has 1 saturated heterocycles. The highest BCUT2D eigenvalue weighted by Crippen LogP contribution is 2.54. The zero-order valence-corrected chi connectivity index (χ0v) is 15.4. The summed E-state index contributed by atoms with van der Waals surface area (Å²) in [6.07, 6.45) is 2.72. The number of ether oxygens (including phenoxy) is 3. The van der Waals surface area contributed by atoms with E-state index in [2.05, 4.69) is 0 Å². The minimum atomic E-state index is -0.922. The van der Waals surface area contributed by atoms with Crippen LogP contribution < -0.4 is 14.4 Å². The maximum Gasteiger partial charge on any atom is 0.245 e. The van der Waals surface area contributed by atoms with Crippen molar-refractivity contribution in [1.82, 2.24) is 0 Å². The summed E-state index contributed by atoms with van der Waals surface area (Å²) in [4.78, 5) is 15.5. The van der Waals surface area contributed by atoms with Crippen molar-refractivity contribution < 1.29 is 23.4 Å². The number of carbonyl (C=O) groups is 1. The van der Waals surface area contributed by atoms with Gasteiger partial charge in [-0.3, -0.25) is 4.79 Å². The van der Waals surface area contributed by atoms with Crippen molar-refractivity contribution in [2.24, 2.45) is 0 Å². The number of halogens is 1. The second-order valence-corrected chi connectivity index (χ2v) is 7.96. The lowest BCUT2D eigenvalue weighted by atomic mass is 9.76. The average molecular weight is 381 g/mol. The molecule has 1 fully saturated rings. The van der Waals surface area contributed by atoms with Crippen LogP contribution in [0.4, 0.5) is 10.1 Å². The number of carbonyl (C=O) groups excluding carboxylic acids is 1. The molecule has 0 N–H and O–H groups in total. The maximum absolute atomic E-state index is 14.1. The van der Waals surface area contributed by atoms with E-state index in [0.29, 0.717) is 31.2 Å². The highest BCUT2D eigenvalue weighted by atomic mass is 19.1. The fourth-order valence-electron chi connectivity index (χ4n) is 5.04. The largest absolute Gasteiger partial charge is 0.493 e. The van der Waals surface area contributed by atoms with Gasteiger partial charge in [-0.1, -0.05) is 6.07 Å². The first-order valence-corrected chi connectivity index (χ1v) is 9.83. The van der Waals surface area contributed by atoms with Gasteiger partial charge in [-0.25, -0.2) is 4.39 Å². The van der Waals surface area contributed by atoms with Gasteiger partial charge in [0.15, 0.2) is 0 Å². The van der Waals surface area contributed by atoms with Gasteiger partial charge in [-0.15, -0.1) is 0 Å². The third kappa shape index (κ3) is 2.07. The lowest BCUT2D eigenvalue weighted by Gasteiger charge is -2.25. The molecule has 1 spiro atoms. The van der Waals surface area contributed by atoms with E-state index in [1.54, 1.807) is 11.0 Å². The molecule has 1 amide bonds. The van der Waals surface area contributed by atoms with E-state index in [-0.39, 0.29) is 24.4 Å². The van der Waals surface area contributed by atoms with Crippen molar-refractivity contribution in [2.45, 2.75) is 30.8 Å². The van der Waals surface area contributed by atoms with Crippen molar-refractivity contribution >= 4 is 11.6 Å². The molecule has 4 aliphatic heterocycles. The predicted octanol–water partition coefficient (Wildman–Crippen LogP) is 2.96. The Kier molecular flexibility index (Phi) is 3.33. The van der Waals surface area contributed by atoms with Crippen molar-refractivity contribution in [3.05, 3.63) is 52.8 Å². The predicted molar refractivity (Wildman–Crippen MR) is 99.6 cm³/mol. The van der Waals surface area contributed by atoms with Gasteiger partial charge in [0.05, 0.1) is 24.9 Å². The molecule has 0 bridgehead atoms. The summed E-state index contributed by atoms with van der Waals surface area (Å²) in [5, 5.41) is 0. The molecule has 2 atom stereocenters. The van der Waals surface area contributed by atoms with Crippen molar-refractivity contribution in [2.75, 3.05) is 31.3 Å². The van der Waals surface area contributed by atoms with Gasteiger partial charge >= 0.3 is 0 Å². The highest BCUT2D eigenvalue weighted by Gasteiger charge is 2.57. The Morgan fingerprint density at radius 3 is 2.89 bits per heavy atom. The molecule has 144 valence electrons. The third-order valence-electron chi connectivity index (χ3n) is 6.43. The second kappa shape index (κ2) is 5.70. The van der Waals surface area contributed by atoms with E-state index in [1.807, 2.05) is 12.1 Å². The van der Waals surface area contributed by atoms with Gasteiger partial charge in [0, 0.05) is 24.7 Å². The number of hydrogen-bond donors (Lipinski definition) is 0. The number of anilines is 1. The lowest BCUT2D eigenvalue weighted by Crippen LogP contribution is -2.45. The van der Waals surface area contributed by atoms with Crippen molar-refractivity contribution in [3.63, 3.8) is 0 Å². The molecule has 2 aromatic rings. The normalized spacial score (nSPS) is 27.0. The maximum atomic E-state index is 14.1. The molecule has 0 radical (unpaired) electrons. The highest BCUT2D eigenvalue weighted by molar-refractivity contribution is 6.11. The first-order chi connectivity index (χ1) is 13.7. The van der Waals surface area contributed by atoms with E-state index in [0.717, 1.165) is 41.7 Å². The van der Waals surface area contributed by atoms with E-state index in [4.69, 9.17) is 14.2 Å². The molecule has 6 rings (SSSR count). The van der Waals surface area contributed by atoms with Gasteiger partial charge in [0.1, 0.15) is 29.3 Å². The summed E-state index contributed by atoms with van der Waals surface area (Å²) in [5.74, 6) is 1.11. The molecule has 4 heterocycles. The van der Waals surface area contributed by atoms with Gasteiger partial charge in [0.25, 0.3) is 0 Å².